The maximum Gasteiger partial charge on any atom is 0.306 e. The first-order chi connectivity index (χ1) is 17.3. The van der Waals surface area contributed by atoms with E-state index in [4.69, 9.17) is 18.9 Å². The van der Waals surface area contributed by atoms with Crippen molar-refractivity contribution in [1.29, 1.82) is 0 Å². The number of ether oxygens (including phenoxy) is 4. The third kappa shape index (κ3) is 13.3. The van der Waals surface area contributed by atoms with Crippen LogP contribution in [-0.4, -0.2) is 89.0 Å². The minimum absolute atomic E-state index is 0.215. The third-order valence-corrected chi connectivity index (χ3v) is 6.24. The highest BCUT2D eigenvalue weighted by atomic mass is 16.7. The van der Waals surface area contributed by atoms with E-state index < -0.39 is 55.4 Å². The third-order valence-electron chi connectivity index (χ3n) is 6.24. The first kappa shape index (κ1) is 32.7. The molecule has 0 bridgehead atoms. The average Bonchev–Trinajstić information content (AvgIpc) is 2.87. The van der Waals surface area contributed by atoms with Crippen LogP contribution < -0.4 is 0 Å². The summed E-state index contributed by atoms with van der Waals surface area (Å²) < 4.78 is 21.6. The SMILES string of the molecule is CCCCCCCCC(=O)OC(COC(=O)CCCCCCC)COC1OC(CO)C(O)C(O)C1O. The Hall–Kier alpha value is -1.30. The van der Waals surface area contributed by atoms with Crippen LogP contribution in [0.25, 0.3) is 0 Å². The first-order valence-corrected chi connectivity index (χ1v) is 13.6. The van der Waals surface area contributed by atoms with Crippen molar-refractivity contribution in [2.45, 2.75) is 134 Å². The molecule has 1 aliphatic rings. The van der Waals surface area contributed by atoms with E-state index in [1.54, 1.807) is 0 Å². The van der Waals surface area contributed by atoms with E-state index in [0.717, 1.165) is 57.8 Å². The Bertz CT molecular complexity index is 585. The van der Waals surface area contributed by atoms with Gasteiger partial charge in [0.15, 0.2) is 12.4 Å². The fraction of sp³-hybridized carbons (Fsp3) is 0.923. The standard InChI is InChI=1S/C26H48O10/c1-3-5-7-9-11-13-15-22(29)35-19(17-33-21(28)14-12-10-8-6-4-2)18-34-26-25(32)24(31)23(30)20(16-27)36-26/h19-20,23-27,30-32H,3-18H2,1-2H3. The van der Waals surface area contributed by atoms with Crippen LogP contribution in [0.3, 0.4) is 0 Å². The molecule has 1 heterocycles. The highest BCUT2D eigenvalue weighted by Gasteiger charge is 2.44. The van der Waals surface area contributed by atoms with Crippen LogP contribution >= 0.6 is 0 Å². The van der Waals surface area contributed by atoms with Crippen molar-refractivity contribution in [3.63, 3.8) is 0 Å². The number of hydrogen-bond acceptors (Lipinski definition) is 10. The molecule has 0 aromatic rings. The molecule has 0 aromatic carbocycles. The van der Waals surface area contributed by atoms with Crippen LogP contribution in [-0.2, 0) is 28.5 Å². The Morgan fingerprint density at radius 1 is 0.750 bits per heavy atom. The fourth-order valence-corrected chi connectivity index (χ4v) is 3.95. The molecule has 1 fully saturated rings. The van der Waals surface area contributed by atoms with Gasteiger partial charge in [-0.3, -0.25) is 9.59 Å². The molecule has 6 atom stereocenters. The smallest absolute Gasteiger partial charge is 0.306 e. The Kier molecular flexibility index (Phi) is 18.0. The second-order valence-electron chi connectivity index (χ2n) is 9.51. The number of unbranched alkanes of at least 4 members (excludes halogenated alkanes) is 9. The number of esters is 2. The summed E-state index contributed by atoms with van der Waals surface area (Å²) in [5.41, 5.74) is 0. The van der Waals surface area contributed by atoms with Crippen molar-refractivity contribution in [2.75, 3.05) is 19.8 Å². The van der Waals surface area contributed by atoms with Crippen LogP contribution in [0.15, 0.2) is 0 Å². The largest absolute Gasteiger partial charge is 0.462 e. The number of hydrogen-bond donors (Lipinski definition) is 4. The van der Waals surface area contributed by atoms with Gasteiger partial charge in [0.05, 0.1) is 13.2 Å². The van der Waals surface area contributed by atoms with E-state index in [1.165, 1.54) is 6.42 Å². The molecule has 1 saturated heterocycles. The van der Waals surface area contributed by atoms with E-state index >= 15 is 0 Å². The van der Waals surface area contributed by atoms with Gasteiger partial charge in [-0.25, -0.2) is 0 Å². The summed E-state index contributed by atoms with van der Waals surface area (Å²) in [5, 5.41) is 39.3. The van der Waals surface area contributed by atoms with Crippen molar-refractivity contribution in [1.82, 2.24) is 0 Å². The molecule has 1 rings (SSSR count). The number of aliphatic hydroxyl groups is 4. The van der Waals surface area contributed by atoms with Gasteiger partial charge in [-0.15, -0.1) is 0 Å². The monoisotopic (exact) mass is 520 g/mol. The Labute approximate surface area is 215 Å². The molecule has 1 aliphatic heterocycles. The van der Waals surface area contributed by atoms with Gasteiger partial charge in [-0.1, -0.05) is 71.6 Å². The topological polar surface area (TPSA) is 152 Å². The number of rotatable bonds is 20. The lowest BCUT2D eigenvalue weighted by atomic mass is 9.99. The normalized spacial score (nSPS) is 24.9. The number of carbonyl (C=O) groups is 2. The molecule has 0 aliphatic carbocycles. The number of aliphatic hydroxyl groups excluding tert-OH is 4. The molecule has 0 saturated carbocycles. The van der Waals surface area contributed by atoms with Crippen molar-refractivity contribution >= 4 is 11.9 Å². The molecule has 10 nitrogen and oxygen atoms in total. The number of carbonyl (C=O) groups excluding carboxylic acids is 2. The summed E-state index contributed by atoms with van der Waals surface area (Å²) in [6.45, 7) is 3.19. The van der Waals surface area contributed by atoms with Crippen molar-refractivity contribution < 1.29 is 49.0 Å². The second-order valence-corrected chi connectivity index (χ2v) is 9.51. The minimum Gasteiger partial charge on any atom is -0.462 e. The van der Waals surface area contributed by atoms with Gasteiger partial charge in [-0.05, 0) is 12.8 Å². The van der Waals surface area contributed by atoms with Gasteiger partial charge >= 0.3 is 11.9 Å². The maximum atomic E-state index is 12.4. The molecule has 212 valence electrons. The summed E-state index contributed by atoms with van der Waals surface area (Å²) >= 11 is 0. The zero-order chi connectivity index (χ0) is 26.8. The van der Waals surface area contributed by atoms with Gasteiger partial charge in [-0.2, -0.15) is 0 Å². The van der Waals surface area contributed by atoms with Gasteiger partial charge in [0.25, 0.3) is 0 Å². The highest BCUT2D eigenvalue weighted by Crippen LogP contribution is 2.22. The van der Waals surface area contributed by atoms with Crippen molar-refractivity contribution in [2.24, 2.45) is 0 Å². The molecule has 0 amide bonds. The fourth-order valence-electron chi connectivity index (χ4n) is 3.95. The lowest BCUT2D eigenvalue weighted by Crippen LogP contribution is -2.59. The second kappa shape index (κ2) is 19.8. The van der Waals surface area contributed by atoms with Crippen LogP contribution in [0.5, 0.6) is 0 Å². The Balaban J connectivity index is 2.57. The Morgan fingerprint density at radius 3 is 1.89 bits per heavy atom. The molecular weight excluding hydrogens is 472 g/mol. The van der Waals surface area contributed by atoms with E-state index in [1.807, 2.05) is 0 Å². The van der Waals surface area contributed by atoms with Crippen LogP contribution in [0.2, 0.25) is 0 Å². The van der Waals surface area contributed by atoms with Gasteiger partial charge in [0.2, 0.25) is 0 Å². The van der Waals surface area contributed by atoms with Crippen molar-refractivity contribution in [3.8, 4) is 0 Å². The molecule has 0 aromatic heterocycles. The van der Waals surface area contributed by atoms with Gasteiger partial charge in [0.1, 0.15) is 31.0 Å². The quantitative estimate of drug-likeness (QED) is 0.139. The molecule has 10 heteroatoms. The van der Waals surface area contributed by atoms with E-state index in [-0.39, 0.29) is 26.1 Å². The molecule has 4 N–H and O–H groups in total. The molecule has 36 heavy (non-hydrogen) atoms. The van der Waals surface area contributed by atoms with Gasteiger partial charge in [0, 0.05) is 12.8 Å². The molecule has 0 spiro atoms. The first-order valence-electron chi connectivity index (χ1n) is 13.6. The van der Waals surface area contributed by atoms with E-state index in [0.29, 0.717) is 6.42 Å². The predicted octanol–water partition coefficient (Wildman–Crippen LogP) is 2.37. The lowest BCUT2D eigenvalue weighted by Gasteiger charge is -2.39. The van der Waals surface area contributed by atoms with E-state index in [2.05, 4.69) is 13.8 Å². The molecule has 6 unspecified atom stereocenters. The molecule has 0 radical (unpaired) electrons. The summed E-state index contributed by atoms with van der Waals surface area (Å²) in [4.78, 5) is 24.5. The summed E-state index contributed by atoms with van der Waals surface area (Å²) in [7, 11) is 0. The average molecular weight is 521 g/mol. The Morgan fingerprint density at radius 2 is 1.31 bits per heavy atom. The lowest BCUT2D eigenvalue weighted by molar-refractivity contribution is -0.305. The summed E-state index contributed by atoms with van der Waals surface area (Å²) in [5.74, 6) is -0.833. The highest BCUT2D eigenvalue weighted by molar-refractivity contribution is 5.70. The van der Waals surface area contributed by atoms with Crippen molar-refractivity contribution in [3.05, 3.63) is 0 Å². The summed E-state index contributed by atoms with van der Waals surface area (Å²) in [6, 6.07) is 0. The van der Waals surface area contributed by atoms with Gasteiger partial charge < -0.3 is 39.4 Å². The van der Waals surface area contributed by atoms with Crippen LogP contribution in [0.4, 0.5) is 0 Å². The minimum atomic E-state index is -1.58. The van der Waals surface area contributed by atoms with E-state index in [9.17, 15) is 30.0 Å². The maximum absolute atomic E-state index is 12.4. The summed E-state index contributed by atoms with van der Waals surface area (Å²) in [6.07, 6.45) is 3.53. The van der Waals surface area contributed by atoms with Crippen LogP contribution in [0, 0.1) is 0 Å². The zero-order valence-electron chi connectivity index (χ0n) is 22.0. The predicted molar refractivity (Wildman–Crippen MR) is 132 cm³/mol. The van der Waals surface area contributed by atoms with Crippen LogP contribution in [0.1, 0.15) is 97.3 Å². The molecular formula is C26H48O10. The zero-order valence-corrected chi connectivity index (χ0v) is 22.0.